The molecule has 2 heterocycles. The molecule has 1 saturated heterocycles. The van der Waals surface area contributed by atoms with E-state index in [4.69, 9.17) is 0 Å². The van der Waals surface area contributed by atoms with E-state index in [9.17, 15) is 4.79 Å². The van der Waals surface area contributed by atoms with Crippen LogP contribution < -0.4 is 5.32 Å². The lowest BCUT2D eigenvalue weighted by Gasteiger charge is -2.44. The summed E-state index contributed by atoms with van der Waals surface area (Å²) >= 11 is 0. The highest BCUT2D eigenvalue weighted by Crippen LogP contribution is 2.41. The summed E-state index contributed by atoms with van der Waals surface area (Å²) in [5.74, 6) is 0.234. The van der Waals surface area contributed by atoms with Crippen molar-refractivity contribution < 1.29 is 4.79 Å². The van der Waals surface area contributed by atoms with Crippen molar-refractivity contribution in [3.05, 3.63) is 29.3 Å². The minimum atomic E-state index is -0.174. The van der Waals surface area contributed by atoms with Gasteiger partial charge in [-0.05, 0) is 64.8 Å². The van der Waals surface area contributed by atoms with Gasteiger partial charge in [-0.3, -0.25) is 4.79 Å². The third-order valence-electron chi connectivity index (χ3n) is 5.00. The van der Waals surface area contributed by atoms with Crippen molar-refractivity contribution in [3.8, 4) is 0 Å². The van der Waals surface area contributed by atoms with Crippen LogP contribution >= 0.6 is 0 Å². The molecule has 1 aromatic rings. The Morgan fingerprint density at radius 2 is 1.95 bits per heavy atom. The minimum Gasteiger partial charge on any atom is -0.325 e. The lowest BCUT2D eigenvalue weighted by atomic mass is 9.70. The molecule has 0 bridgehead atoms. The lowest BCUT2D eigenvalue weighted by Crippen LogP contribution is -2.51. The lowest BCUT2D eigenvalue weighted by molar-refractivity contribution is -0.129. The summed E-state index contributed by atoms with van der Waals surface area (Å²) in [6.45, 7) is 8.65. The number of piperidine rings is 1. The number of hydrogen-bond acceptors (Lipinski definition) is 2. The van der Waals surface area contributed by atoms with Crippen LogP contribution in [0.25, 0.3) is 0 Å². The molecule has 2 aliphatic heterocycles. The first-order valence-electron chi connectivity index (χ1n) is 7.65. The number of rotatable bonds is 1. The summed E-state index contributed by atoms with van der Waals surface area (Å²) in [6.07, 6.45) is 2.86. The van der Waals surface area contributed by atoms with E-state index in [1.54, 1.807) is 0 Å². The largest absolute Gasteiger partial charge is 0.325 e. The van der Waals surface area contributed by atoms with E-state index >= 15 is 0 Å². The van der Waals surface area contributed by atoms with Crippen LogP contribution in [0.1, 0.15) is 37.8 Å². The molecule has 0 radical (unpaired) electrons. The summed E-state index contributed by atoms with van der Waals surface area (Å²) in [4.78, 5) is 15.0. The van der Waals surface area contributed by atoms with Gasteiger partial charge in [0.05, 0.1) is 5.41 Å². The number of carbonyl (C=O) groups excluding carboxylic acids is 1. The van der Waals surface area contributed by atoms with Crippen molar-refractivity contribution in [3.63, 3.8) is 0 Å². The molecule has 0 atom stereocenters. The Morgan fingerprint density at radius 3 is 2.60 bits per heavy atom. The highest BCUT2D eigenvalue weighted by atomic mass is 16.2. The number of carbonyl (C=O) groups is 1. The van der Waals surface area contributed by atoms with Crippen LogP contribution in [0, 0.1) is 12.3 Å². The average molecular weight is 272 g/mol. The molecule has 0 aliphatic carbocycles. The van der Waals surface area contributed by atoms with Gasteiger partial charge in [0.1, 0.15) is 0 Å². The SMILES string of the molecule is Cc1ccc2c(c1)CC1(CCN(C(C)C)CC1)C(=O)N2. The van der Waals surface area contributed by atoms with E-state index in [0.29, 0.717) is 6.04 Å². The first kappa shape index (κ1) is 13.6. The van der Waals surface area contributed by atoms with Crippen LogP contribution in [-0.4, -0.2) is 29.9 Å². The Hall–Kier alpha value is -1.35. The van der Waals surface area contributed by atoms with Crippen molar-refractivity contribution in [2.75, 3.05) is 18.4 Å². The number of hydrogen-bond donors (Lipinski definition) is 1. The molecule has 1 amide bonds. The number of nitrogens with zero attached hydrogens (tertiary/aromatic N) is 1. The van der Waals surface area contributed by atoms with E-state index in [1.807, 2.05) is 6.07 Å². The van der Waals surface area contributed by atoms with E-state index in [-0.39, 0.29) is 11.3 Å². The highest BCUT2D eigenvalue weighted by molar-refractivity contribution is 5.98. The zero-order valence-corrected chi connectivity index (χ0v) is 12.7. The Kier molecular flexibility index (Phi) is 3.33. The van der Waals surface area contributed by atoms with Crippen molar-refractivity contribution in [1.29, 1.82) is 0 Å². The van der Waals surface area contributed by atoms with Crippen molar-refractivity contribution in [2.24, 2.45) is 5.41 Å². The summed E-state index contributed by atoms with van der Waals surface area (Å²) in [7, 11) is 0. The molecule has 1 aromatic carbocycles. The number of fused-ring (bicyclic) bond motifs is 1. The highest BCUT2D eigenvalue weighted by Gasteiger charge is 2.44. The maximum atomic E-state index is 12.6. The standard InChI is InChI=1S/C17H24N2O/c1-12(2)19-8-6-17(7-9-19)11-14-10-13(3)4-5-15(14)18-16(17)20/h4-5,10,12H,6-9,11H2,1-3H3,(H,18,20). The van der Waals surface area contributed by atoms with Crippen LogP contribution in [0.15, 0.2) is 18.2 Å². The Morgan fingerprint density at radius 1 is 1.25 bits per heavy atom. The molecule has 3 rings (SSSR count). The molecule has 0 unspecified atom stereocenters. The van der Waals surface area contributed by atoms with E-state index in [2.05, 4.69) is 43.1 Å². The van der Waals surface area contributed by atoms with Crippen LogP contribution in [0.2, 0.25) is 0 Å². The van der Waals surface area contributed by atoms with Gasteiger partial charge in [-0.15, -0.1) is 0 Å². The number of anilines is 1. The summed E-state index contributed by atoms with van der Waals surface area (Å²) in [5, 5.41) is 3.13. The number of aryl methyl sites for hydroxylation is 1. The third kappa shape index (κ3) is 2.24. The zero-order valence-electron chi connectivity index (χ0n) is 12.7. The summed E-state index contributed by atoms with van der Waals surface area (Å²) in [6, 6.07) is 6.91. The molecule has 1 N–H and O–H groups in total. The summed E-state index contributed by atoms with van der Waals surface area (Å²) in [5.41, 5.74) is 3.42. The number of nitrogens with one attached hydrogen (secondary N) is 1. The van der Waals surface area contributed by atoms with Crippen molar-refractivity contribution in [2.45, 2.75) is 46.1 Å². The first-order chi connectivity index (χ1) is 9.50. The third-order valence-corrected chi connectivity index (χ3v) is 5.00. The zero-order chi connectivity index (χ0) is 14.3. The fraction of sp³-hybridized carbons (Fsp3) is 0.588. The molecule has 2 aliphatic rings. The smallest absolute Gasteiger partial charge is 0.231 e. The number of amides is 1. The van der Waals surface area contributed by atoms with Crippen molar-refractivity contribution >= 4 is 11.6 Å². The number of benzene rings is 1. The van der Waals surface area contributed by atoms with Crippen LogP contribution in [0.4, 0.5) is 5.69 Å². The van der Waals surface area contributed by atoms with Gasteiger partial charge in [0.25, 0.3) is 0 Å². The van der Waals surface area contributed by atoms with Gasteiger partial charge >= 0.3 is 0 Å². The second-order valence-corrected chi connectivity index (χ2v) is 6.70. The second kappa shape index (κ2) is 4.88. The Labute approximate surface area is 121 Å². The van der Waals surface area contributed by atoms with Gasteiger partial charge < -0.3 is 10.2 Å². The van der Waals surface area contributed by atoms with E-state index in [0.717, 1.165) is 38.0 Å². The van der Waals surface area contributed by atoms with Gasteiger partial charge in [-0.1, -0.05) is 17.7 Å². The number of likely N-dealkylation sites (tertiary alicyclic amines) is 1. The molecule has 3 heteroatoms. The quantitative estimate of drug-likeness (QED) is 0.852. The molecule has 1 fully saturated rings. The van der Waals surface area contributed by atoms with Crippen LogP contribution in [-0.2, 0) is 11.2 Å². The molecular weight excluding hydrogens is 248 g/mol. The maximum absolute atomic E-state index is 12.6. The van der Waals surface area contributed by atoms with Gasteiger partial charge in [-0.25, -0.2) is 0 Å². The minimum absolute atomic E-state index is 0.174. The predicted molar refractivity (Wildman–Crippen MR) is 81.9 cm³/mol. The predicted octanol–water partition coefficient (Wildman–Crippen LogP) is 2.98. The second-order valence-electron chi connectivity index (χ2n) is 6.70. The molecular formula is C17H24N2O. The Bertz CT molecular complexity index is 528. The molecule has 1 spiro atoms. The van der Waals surface area contributed by atoms with Gasteiger partial charge in [0, 0.05) is 11.7 Å². The molecule has 108 valence electrons. The van der Waals surface area contributed by atoms with Gasteiger partial charge in [0.15, 0.2) is 0 Å². The molecule has 3 nitrogen and oxygen atoms in total. The first-order valence-corrected chi connectivity index (χ1v) is 7.65. The Balaban J connectivity index is 1.84. The van der Waals surface area contributed by atoms with Gasteiger partial charge in [-0.2, -0.15) is 0 Å². The monoisotopic (exact) mass is 272 g/mol. The van der Waals surface area contributed by atoms with E-state index < -0.39 is 0 Å². The molecule has 20 heavy (non-hydrogen) atoms. The topological polar surface area (TPSA) is 32.3 Å². The molecule has 0 aromatic heterocycles. The molecule has 0 saturated carbocycles. The summed E-state index contributed by atoms with van der Waals surface area (Å²) < 4.78 is 0. The average Bonchev–Trinajstić information content (AvgIpc) is 2.41. The van der Waals surface area contributed by atoms with E-state index in [1.165, 1.54) is 11.1 Å². The van der Waals surface area contributed by atoms with Crippen LogP contribution in [0.3, 0.4) is 0 Å². The van der Waals surface area contributed by atoms with Crippen LogP contribution in [0.5, 0.6) is 0 Å². The fourth-order valence-corrected chi connectivity index (χ4v) is 3.56. The van der Waals surface area contributed by atoms with Gasteiger partial charge in [0.2, 0.25) is 5.91 Å². The fourth-order valence-electron chi connectivity index (χ4n) is 3.56. The van der Waals surface area contributed by atoms with Crippen molar-refractivity contribution in [1.82, 2.24) is 4.90 Å². The maximum Gasteiger partial charge on any atom is 0.231 e. The normalized spacial score (nSPS) is 21.9.